The van der Waals surface area contributed by atoms with E-state index in [-0.39, 0.29) is 20.6 Å². The maximum Gasteiger partial charge on any atom is 0.244 e. The molecule has 3 N–H and O–H groups in total. The molecule has 0 aliphatic carbocycles. The molecule has 0 fully saturated rings. The summed E-state index contributed by atoms with van der Waals surface area (Å²) in [6.07, 6.45) is 0. The summed E-state index contributed by atoms with van der Waals surface area (Å²) >= 11 is 11.6. The Kier molecular flexibility index (Phi) is 5.26. The summed E-state index contributed by atoms with van der Waals surface area (Å²) in [7, 11) is -0.980. The number of anilines is 1. The number of hydrogen-bond acceptors (Lipinski definition) is 4. The van der Waals surface area contributed by atoms with Gasteiger partial charge in [-0.25, -0.2) is 8.42 Å². The van der Waals surface area contributed by atoms with Crippen LogP contribution in [0, 0.1) is 0 Å². The van der Waals surface area contributed by atoms with Gasteiger partial charge in [-0.15, -0.1) is 0 Å². The highest BCUT2D eigenvalue weighted by atomic mass is 35.5. The van der Waals surface area contributed by atoms with Gasteiger partial charge in [0, 0.05) is 19.1 Å². The van der Waals surface area contributed by atoms with E-state index in [2.05, 4.69) is 4.72 Å². The highest BCUT2D eigenvalue weighted by Gasteiger charge is 2.27. The van der Waals surface area contributed by atoms with Crippen LogP contribution >= 0.6 is 23.2 Å². The van der Waals surface area contributed by atoms with Gasteiger partial charge in [-0.05, 0) is 19.1 Å². The molecule has 1 rings (SSSR count). The van der Waals surface area contributed by atoms with Gasteiger partial charge in [-0.3, -0.25) is 4.79 Å². The van der Waals surface area contributed by atoms with Crippen molar-refractivity contribution < 1.29 is 13.2 Å². The first kappa shape index (κ1) is 17.0. The first-order valence-electron chi connectivity index (χ1n) is 5.54. The third kappa shape index (κ3) is 3.76. The normalized spacial score (nSPS) is 13.1. The number of hydrogen-bond donors (Lipinski definition) is 2. The number of rotatable bonds is 4. The fourth-order valence-corrected chi connectivity index (χ4v) is 3.78. The molecule has 112 valence electrons. The average Bonchev–Trinajstić information content (AvgIpc) is 2.24. The Bertz CT molecular complexity index is 609. The van der Waals surface area contributed by atoms with Crippen LogP contribution in [-0.2, 0) is 14.8 Å². The van der Waals surface area contributed by atoms with E-state index in [0.717, 1.165) is 0 Å². The number of nitrogens with zero attached hydrogens (tertiary/aromatic N) is 1. The summed E-state index contributed by atoms with van der Waals surface area (Å²) in [4.78, 5) is 12.7. The third-order valence-electron chi connectivity index (χ3n) is 2.45. The van der Waals surface area contributed by atoms with Gasteiger partial charge in [-0.2, -0.15) is 4.72 Å². The first-order valence-corrected chi connectivity index (χ1v) is 7.78. The van der Waals surface area contributed by atoms with E-state index in [0.29, 0.717) is 0 Å². The molecule has 1 aromatic carbocycles. The Morgan fingerprint density at radius 1 is 1.35 bits per heavy atom. The molecule has 1 aromatic rings. The van der Waals surface area contributed by atoms with E-state index >= 15 is 0 Å². The second kappa shape index (κ2) is 6.17. The van der Waals surface area contributed by atoms with Crippen LogP contribution in [0.4, 0.5) is 5.69 Å². The van der Waals surface area contributed by atoms with Gasteiger partial charge < -0.3 is 10.6 Å². The average molecular weight is 340 g/mol. The number of benzene rings is 1. The van der Waals surface area contributed by atoms with Gasteiger partial charge in [0.05, 0.1) is 16.8 Å². The van der Waals surface area contributed by atoms with Crippen molar-refractivity contribution in [1.82, 2.24) is 9.62 Å². The summed E-state index contributed by atoms with van der Waals surface area (Å²) in [6.45, 7) is 1.43. The maximum atomic E-state index is 12.2. The Balaban J connectivity index is 3.16. The van der Waals surface area contributed by atoms with Gasteiger partial charge in [0.1, 0.15) is 4.90 Å². The minimum Gasteiger partial charge on any atom is -0.398 e. The third-order valence-corrected chi connectivity index (χ3v) is 4.73. The summed E-state index contributed by atoms with van der Waals surface area (Å²) in [5.41, 5.74) is 5.55. The Labute approximate surface area is 127 Å². The molecule has 0 aliphatic heterocycles. The predicted octanol–water partition coefficient (Wildman–Crippen LogP) is 1.33. The van der Waals surface area contributed by atoms with Crippen molar-refractivity contribution in [3.63, 3.8) is 0 Å². The molecule has 0 saturated carbocycles. The van der Waals surface area contributed by atoms with E-state index in [1.54, 1.807) is 0 Å². The molecule has 1 amide bonds. The number of nitrogen functional groups attached to an aromatic ring is 1. The SMILES string of the molecule is CC(NS(=O)(=O)c1c(N)cc(Cl)cc1Cl)C(=O)N(C)C. The molecule has 0 heterocycles. The highest BCUT2D eigenvalue weighted by molar-refractivity contribution is 7.89. The fourth-order valence-electron chi connectivity index (χ4n) is 1.59. The maximum absolute atomic E-state index is 12.2. The minimum atomic E-state index is -4.03. The lowest BCUT2D eigenvalue weighted by Crippen LogP contribution is -2.44. The number of nitrogens with two attached hydrogens (primary N) is 1. The molecular formula is C11H15Cl2N3O3S. The summed E-state index contributed by atoms with van der Waals surface area (Å²) in [5.74, 6) is -0.391. The highest BCUT2D eigenvalue weighted by Crippen LogP contribution is 2.31. The van der Waals surface area contributed by atoms with Crippen molar-refractivity contribution in [2.75, 3.05) is 19.8 Å². The van der Waals surface area contributed by atoms with Crippen molar-refractivity contribution in [3.05, 3.63) is 22.2 Å². The largest absolute Gasteiger partial charge is 0.398 e. The van der Waals surface area contributed by atoms with E-state index in [9.17, 15) is 13.2 Å². The summed E-state index contributed by atoms with van der Waals surface area (Å²) in [5, 5.41) is 0.121. The number of nitrogens with one attached hydrogen (secondary N) is 1. The molecule has 6 nitrogen and oxygen atoms in total. The van der Waals surface area contributed by atoms with Crippen LogP contribution in [0.2, 0.25) is 10.0 Å². The van der Waals surface area contributed by atoms with Crippen LogP contribution in [0.15, 0.2) is 17.0 Å². The van der Waals surface area contributed by atoms with Gasteiger partial charge in [0.2, 0.25) is 15.9 Å². The molecule has 0 aromatic heterocycles. The minimum absolute atomic E-state index is 0.0838. The molecule has 0 spiro atoms. The molecule has 1 unspecified atom stereocenters. The lowest BCUT2D eigenvalue weighted by molar-refractivity contribution is -0.130. The van der Waals surface area contributed by atoms with Gasteiger partial charge in [0.25, 0.3) is 0 Å². The van der Waals surface area contributed by atoms with Crippen LogP contribution in [-0.4, -0.2) is 39.4 Å². The Morgan fingerprint density at radius 2 is 1.90 bits per heavy atom. The van der Waals surface area contributed by atoms with Crippen molar-refractivity contribution in [3.8, 4) is 0 Å². The molecule has 9 heteroatoms. The number of halogens is 2. The topological polar surface area (TPSA) is 92.5 Å². The van der Waals surface area contributed by atoms with Gasteiger partial charge in [-0.1, -0.05) is 23.2 Å². The van der Waals surface area contributed by atoms with Crippen molar-refractivity contribution in [2.45, 2.75) is 17.9 Å². The smallest absolute Gasteiger partial charge is 0.244 e. The quantitative estimate of drug-likeness (QED) is 0.809. The van der Waals surface area contributed by atoms with Gasteiger partial charge >= 0.3 is 0 Å². The standard InChI is InChI=1S/C11H15Cl2N3O3S/c1-6(11(17)16(2)3)15-20(18,19)10-8(13)4-7(12)5-9(10)14/h4-6,15H,14H2,1-3H3. The monoisotopic (exact) mass is 339 g/mol. The second-order valence-corrected chi connectivity index (χ2v) is 6.88. The second-order valence-electron chi connectivity index (χ2n) is 4.38. The Morgan fingerprint density at radius 3 is 2.35 bits per heavy atom. The van der Waals surface area contributed by atoms with Crippen molar-refractivity contribution in [1.29, 1.82) is 0 Å². The van der Waals surface area contributed by atoms with Crippen LogP contribution in [0.5, 0.6) is 0 Å². The van der Waals surface area contributed by atoms with Gasteiger partial charge in [0.15, 0.2) is 0 Å². The fraction of sp³-hybridized carbons (Fsp3) is 0.364. The first-order chi connectivity index (χ1) is 9.06. The van der Waals surface area contributed by atoms with Crippen LogP contribution in [0.25, 0.3) is 0 Å². The number of carbonyl (C=O) groups is 1. The van der Waals surface area contributed by atoms with Crippen molar-refractivity contribution >= 4 is 44.8 Å². The molecule has 20 heavy (non-hydrogen) atoms. The van der Waals surface area contributed by atoms with Crippen molar-refractivity contribution in [2.24, 2.45) is 0 Å². The Hall–Kier alpha value is -1.02. The number of carbonyl (C=O) groups excluding carboxylic acids is 1. The lowest BCUT2D eigenvalue weighted by Gasteiger charge is -2.19. The molecule has 0 bridgehead atoms. The van der Waals surface area contributed by atoms with E-state index < -0.39 is 22.0 Å². The zero-order valence-electron chi connectivity index (χ0n) is 11.1. The molecular weight excluding hydrogens is 325 g/mol. The summed E-state index contributed by atoms with van der Waals surface area (Å²) in [6, 6.07) is 1.61. The molecule has 1 atom stereocenters. The molecule has 0 aliphatic rings. The van der Waals surface area contributed by atoms with E-state index in [1.807, 2.05) is 0 Å². The van der Waals surface area contributed by atoms with Crippen LogP contribution in [0.3, 0.4) is 0 Å². The van der Waals surface area contributed by atoms with Crippen LogP contribution in [0.1, 0.15) is 6.92 Å². The number of likely N-dealkylation sites (N-methyl/N-ethyl adjacent to an activating group) is 1. The number of amides is 1. The van der Waals surface area contributed by atoms with Crippen LogP contribution < -0.4 is 10.5 Å². The predicted molar refractivity (Wildman–Crippen MR) is 79.4 cm³/mol. The summed E-state index contributed by atoms with van der Waals surface area (Å²) < 4.78 is 26.7. The van der Waals surface area contributed by atoms with E-state index in [1.165, 1.54) is 38.1 Å². The zero-order chi connectivity index (χ0) is 15.7. The van der Waals surface area contributed by atoms with E-state index in [4.69, 9.17) is 28.9 Å². The lowest BCUT2D eigenvalue weighted by atomic mass is 10.3. The zero-order valence-corrected chi connectivity index (χ0v) is 13.5. The molecule has 0 saturated heterocycles. The molecule has 0 radical (unpaired) electrons. The number of sulfonamides is 1.